The van der Waals surface area contributed by atoms with Gasteiger partial charge in [-0.15, -0.1) is 12.4 Å². The lowest BCUT2D eigenvalue weighted by atomic mass is 9.95. The number of unbranched alkanes of at least 4 members (excludes halogenated alkanes) is 2. The first kappa shape index (κ1) is 22.3. The lowest BCUT2D eigenvalue weighted by molar-refractivity contribution is -0.135. The number of likely N-dealkylation sites (tertiary alicyclic amines) is 1. The largest absolute Gasteiger partial charge is 0.399 e. The predicted octanol–water partition coefficient (Wildman–Crippen LogP) is 3.17. The summed E-state index contributed by atoms with van der Waals surface area (Å²) < 4.78 is 0. The summed E-state index contributed by atoms with van der Waals surface area (Å²) in [5.74, 6) is 0.362. The smallest absolute Gasteiger partial charge is 0.223 e. The molecule has 3 N–H and O–H groups in total. The molecule has 1 aromatic rings. The average molecular weight is 382 g/mol. The van der Waals surface area contributed by atoms with Gasteiger partial charge in [-0.2, -0.15) is 0 Å². The van der Waals surface area contributed by atoms with E-state index in [-0.39, 0.29) is 30.1 Å². The van der Waals surface area contributed by atoms with Crippen molar-refractivity contribution >= 4 is 29.9 Å². The Balaban J connectivity index is 0.00000338. The van der Waals surface area contributed by atoms with Crippen molar-refractivity contribution in [2.75, 3.05) is 25.4 Å². The third-order valence-electron chi connectivity index (χ3n) is 4.96. The lowest BCUT2D eigenvalue weighted by Crippen LogP contribution is -2.43. The van der Waals surface area contributed by atoms with Crippen molar-refractivity contribution in [1.29, 1.82) is 0 Å². The number of nitrogens with one attached hydrogen (secondary N) is 1. The van der Waals surface area contributed by atoms with Gasteiger partial charge < -0.3 is 16.0 Å². The number of halogens is 1. The standard InChI is InChI=1S/C20H31N3O2.ClH/c1-2-3-6-13-22-20(25)17-11-14-23(15-12-17)19(24)10-9-16-7-4-5-8-18(16)21;/h4-5,7-8,17H,2-3,6,9-15,21H2,1H3,(H,22,25);1H. The fourth-order valence-electron chi connectivity index (χ4n) is 3.28. The Bertz CT molecular complexity index is 572. The Morgan fingerprint density at radius 2 is 1.88 bits per heavy atom. The van der Waals surface area contributed by atoms with E-state index in [1.54, 1.807) is 0 Å². The number of amides is 2. The Morgan fingerprint density at radius 3 is 2.54 bits per heavy atom. The first-order chi connectivity index (χ1) is 12.1. The van der Waals surface area contributed by atoms with Crippen LogP contribution in [-0.4, -0.2) is 36.3 Å². The van der Waals surface area contributed by atoms with Crippen molar-refractivity contribution in [2.45, 2.75) is 51.9 Å². The molecule has 0 bridgehead atoms. The van der Waals surface area contributed by atoms with Crippen LogP contribution in [0.1, 0.15) is 51.0 Å². The van der Waals surface area contributed by atoms with Crippen molar-refractivity contribution in [1.82, 2.24) is 10.2 Å². The molecule has 1 aliphatic heterocycles. The molecular weight excluding hydrogens is 350 g/mol. The summed E-state index contributed by atoms with van der Waals surface area (Å²) in [6.45, 7) is 4.28. The van der Waals surface area contributed by atoms with E-state index in [4.69, 9.17) is 5.73 Å². The predicted molar refractivity (Wildman–Crippen MR) is 108 cm³/mol. The number of benzene rings is 1. The van der Waals surface area contributed by atoms with E-state index in [2.05, 4.69) is 12.2 Å². The quantitative estimate of drug-likeness (QED) is 0.536. The van der Waals surface area contributed by atoms with Crippen LogP contribution < -0.4 is 11.1 Å². The second-order valence-electron chi connectivity index (χ2n) is 6.85. The van der Waals surface area contributed by atoms with E-state index in [1.807, 2.05) is 29.2 Å². The number of rotatable bonds is 8. The minimum atomic E-state index is 0. The SMILES string of the molecule is CCCCCNC(=O)C1CCN(C(=O)CCc2ccccc2N)CC1.Cl. The highest BCUT2D eigenvalue weighted by atomic mass is 35.5. The Morgan fingerprint density at radius 1 is 1.19 bits per heavy atom. The Kier molecular flexibility index (Phi) is 10.1. The molecular formula is C20H32ClN3O2. The van der Waals surface area contributed by atoms with Gasteiger partial charge >= 0.3 is 0 Å². The van der Waals surface area contributed by atoms with E-state index < -0.39 is 0 Å². The first-order valence-corrected chi connectivity index (χ1v) is 9.50. The van der Waals surface area contributed by atoms with E-state index in [1.165, 1.54) is 0 Å². The van der Waals surface area contributed by atoms with Gasteiger partial charge in [0.1, 0.15) is 0 Å². The second kappa shape index (κ2) is 11.8. The molecule has 146 valence electrons. The van der Waals surface area contributed by atoms with E-state index >= 15 is 0 Å². The Hall–Kier alpha value is -1.75. The molecule has 26 heavy (non-hydrogen) atoms. The van der Waals surface area contributed by atoms with Gasteiger partial charge in [0.05, 0.1) is 0 Å². The Labute approximate surface area is 163 Å². The van der Waals surface area contributed by atoms with Crippen molar-refractivity contribution in [2.24, 2.45) is 5.92 Å². The number of aryl methyl sites for hydroxylation is 1. The molecule has 2 rings (SSSR count). The molecule has 1 aliphatic rings. The van der Waals surface area contributed by atoms with Crippen LogP contribution in [0.4, 0.5) is 5.69 Å². The third-order valence-corrected chi connectivity index (χ3v) is 4.96. The maximum absolute atomic E-state index is 12.4. The van der Waals surface area contributed by atoms with Crippen LogP contribution in [0.5, 0.6) is 0 Å². The zero-order chi connectivity index (χ0) is 18.1. The topological polar surface area (TPSA) is 75.4 Å². The number of nitrogen functional groups attached to an aromatic ring is 1. The normalized spacial score (nSPS) is 14.6. The summed E-state index contributed by atoms with van der Waals surface area (Å²) in [4.78, 5) is 26.4. The maximum atomic E-state index is 12.4. The highest BCUT2D eigenvalue weighted by Gasteiger charge is 2.26. The fraction of sp³-hybridized carbons (Fsp3) is 0.600. The summed E-state index contributed by atoms with van der Waals surface area (Å²) in [7, 11) is 0. The van der Waals surface area contributed by atoms with E-state index in [0.717, 1.165) is 49.9 Å². The zero-order valence-electron chi connectivity index (χ0n) is 15.7. The summed E-state index contributed by atoms with van der Waals surface area (Å²) >= 11 is 0. The third kappa shape index (κ3) is 6.87. The van der Waals surface area contributed by atoms with Crippen LogP contribution in [0.2, 0.25) is 0 Å². The van der Waals surface area contributed by atoms with Gasteiger partial charge in [-0.1, -0.05) is 38.0 Å². The monoisotopic (exact) mass is 381 g/mol. The van der Waals surface area contributed by atoms with E-state index in [0.29, 0.717) is 25.9 Å². The minimum absolute atomic E-state index is 0. The van der Waals surface area contributed by atoms with Crippen molar-refractivity contribution in [3.05, 3.63) is 29.8 Å². The lowest BCUT2D eigenvalue weighted by Gasteiger charge is -2.31. The number of para-hydroxylation sites is 1. The number of carbonyl (C=O) groups is 2. The number of hydrogen-bond donors (Lipinski definition) is 2. The molecule has 0 atom stereocenters. The summed E-state index contributed by atoms with van der Waals surface area (Å²) in [6, 6.07) is 7.68. The molecule has 5 nitrogen and oxygen atoms in total. The molecule has 0 unspecified atom stereocenters. The summed E-state index contributed by atoms with van der Waals surface area (Å²) in [5.41, 5.74) is 7.70. The van der Waals surface area contributed by atoms with Crippen molar-refractivity contribution < 1.29 is 9.59 Å². The maximum Gasteiger partial charge on any atom is 0.223 e. The van der Waals surface area contributed by atoms with Gasteiger partial charge in [-0.05, 0) is 37.3 Å². The summed E-state index contributed by atoms with van der Waals surface area (Å²) in [6.07, 6.45) is 6.02. The van der Waals surface area contributed by atoms with Crippen LogP contribution in [-0.2, 0) is 16.0 Å². The molecule has 0 aliphatic carbocycles. The van der Waals surface area contributed by atoms with Crippen LogP contribution in [0.25, 0.3) is 0 Å². The van der Waals surface area contributed by atoms with Gasteiger partial charge in [0.25, 0.3) is 0 Å². The fourth-order valence-corrected chi connectivity index (χ4v) is 3.28. The van der Waals surface area contributed by atoms with E-state index in [9.17, 15) is 9.59 Å². The van der Waals surface area contributed by atoms with Gasteiger partial charge in [0.15, 0.2) is 0 Å². The van der Waals surface area contributed by atoms with Gasteiger partial charge in [-0.3, -0.25) is 9.59 Å². The highest BCUT2D eigenvalue weighted by molar-refractivity contribution is 5.85. The molecule has 0 radical (unpaired) electrons. The highest BCUT2D eigenvalue weighted by Crippen LogP contribution is 2.19. The minimum Gasteiger partial charge on any atom is -0.399 e. The number of anilines is 1. The second-order valence-corrected chi connectivity index (χ2v) is 6.85. The number of carbonyl (C=O) groups excluding carboxylic acids is 2. The van der Waals surface area contributed by atoms with Crippen LogP contribution in [0, 0.1) is 5.92 Å². The van der Waals surface area contributed by atoms with Crippen LogP contribution in [0.3, 0.4) is 0 Å². The van der Waals surface area contributed by atoms with Gasteiger partial charge in [0.2, 0.25) is 11.8 Å². The van der Waals surface area contributed by atoms with Crippen molar-refractivity contribution in [3.8, 4) is 0 Å². The molecule has 1 fully saturated rings. The molecule has 2 amide bonds. The van der Waals surface area contributed by atoms with Crippen LogP contribution in [0.15, 0.2) is 24.3 Å². The molecule has 1 saturated heterocycles. The van der Waals surface area contributed by atoms with Gasteiger partial charge in [-0.25, -0.2) is 0 Å². The van der Waals surface area contributed by atoms with Crippen molar-refractivity contribution in [3.63, 3.8) is 0 Å². The molecule has 6 heteroatoms. The number of piperidine rings is 1. The molecule has 1 heterocycles. The van der Waals surface area contributed by atoms with Gasteiger partial charge in [0, 0.05) is 37.7 Å². The first-order valence-electron chi connectivity index (χ1n) is 9.50. The average Bonchev–Trinajstić information content (AvgIpc) is 2.64. The zero-order valence-corrected chi connectivity index (χ0v) is 16.5. The van der Waals surface area contributed by atoms with Crippen LogP contribution >= 0.6 is 12.4 Å². The molecule has 1 aromatic carbocycles. The number of nitrogens with zero attached hydrogens (tertiary/aromatic N) is 1. The number of hydrogen-bond acceptors (Lipinski definition) is 3. The molecule has 0 saturated carbocycles. The molecule has 0 aromatic heterocycles. The number of nitrogens with two attached hydrogens (primary N) is 1. The molecule has 0 spiro atoms. The summed E-state index contributed by atoms with van der Waals surface area (Å²) in [5, 5.41) is 3.03.